The molecule has 0 bridgehead atoms. The first-order valence-corrected chi connectivity index (χ1v) is 7.14. The minimum absolute atomic E-state index is 0.0386. The largest absolute Gasteiger partial charge is 0.355 e. The standard InChI is InChI=1S/C13H19N7O/c1-11-16-17-18-20(11)8-3-12(21)14-9-13(4-5-13)10-19-7-2-6-15-19/h2,6-7H,3-5,8-10H2,1H3,(H,14,21). The van der Waals surface area contributed by atoms with Crippen molar-refractivity contribution >= 4 is 5.91 Å². The summed E-state index contributed by atoms with van der Waals surface area (Å²) in [7, 11) is 0. The van der Waals surface area contributed by atoms with Crippen molar-refractivity contribution in [1.29, 1.82) is 0 Å². The lowest BCUT2D eigenvalue weighted by molar-refractivity contribution is -0.121. The van der Waals surface area contributed by atoms with Crippen LogP contribution in [0.2, 0.25) is 0 Å². The molecule has 1 saturated carbocycles. The maximum Gasteiger partial charge on any atom is 0.221 e. The van der Waals surface area contributed by atoms with Crippen LogP contribution in [-0.4, -0.2) is 42.4 Å². The van der Waals surface area contributed by atoms with Gasteiger partial charge in [-0.25, -0.2) is 4.68 Å². The van der Waals surface area contributed by atoms with Crippen LogP contribution in [0.25, 0.3) is 0 Å². The van der Waals surface area contributed by atoms with Gasteiger partial charge in [0.15, 0.2) is 0 Å². The molecule has 1 fully saturated rings. The van der Waals surface area contributed by atoms with Crippen molar-refractivity contribution in [3.8, 4) is 0 Å². The molecule has 1 amide bonds. The van der Waals surface area contributed by atoms with Crippen LogP contribution >= 0.6 is 0 Å². The Morgan fingerprint density at radius 2 is 2.33 bits per heavy atom. The highest BCUT2D eigenvalue weighted by atomic mass is 16.1. The van der Waals surface area contributed by atoms with Crippen molar-refractivity contribution in [2.75, 3.05) is 6.54 Å². The van der Waals surface area contributed by atoms with Gasteiger partial charge in [0.25, 0.3) is 0 Å². The quantitative estimate of drug-likeness (QED) is 0.784. The van der Waals surface area contributed by atoms with Crippen LogP contribution < -0.4 is 5.32 Å². The zero-order chi connectivity index (χ0) is 14.7. The molecular formula is C13H19N7O. The molecule has 2 aromatic rings. The summed E-state index contributed by atoms with van der Waals surface area (Å²) in [5, 5.41) is 18.4. The summed E-state index contributed by atoms with van der Waals surface area (Å²) >= 11 is 0. The number of nitrogens with zero attached hydrogens (tertiary/aromatic N) is 6. The minimum atomic E-state index is 0.0386. The lowest BCUT2D eigenvalue weighted by atomic mass is 10.1. The molecule has 0 atom stereocenters. The Morgan fingerprint density at radius 3 is 2.95 bits per heavy atom. The summed E-state index contributed by atoms with van der Waals surface area (Å²) in [5.74, 6) is 0.761. The second-order valence-corrected chi connectivity index (χ2v) is 5.68. The molecule has 1 aliphatic carbocycles. The summed E-state index contributed by atoms with van der Waals surface area (Å²) in [6.45, 7) is 3.91. The molecule has 21 heavy (non-hydrogen) atoms. The molecule has 3 rings (SSSR count). The summed E-state index contributed by atoms with van der Waals surface area (Å²) in [4.78, 5) is 11.9. The molecule has 0 radical (unpaired) electrons. The number of rotatable bonds is 7. The Balaban J connectivity index is 1.42. The van der Waals surface area contributed by atoms with E-state index in [1.807, 2.05) is 23.9 Å². The molecule has 0 saturated heterocycles. The molecular weight excluding hydrogens is 270 g/mol. The van der Waals surface area contributed by atoms with Crippen molar-refractivity contribution in [2.24, 2.45) is 5.41 Å². The van der Waals surface area contributed by atoms with E-state index in [2.05, 4.69) is 25.9 Å². The maximum atomic E-state index is 11.9. The summed E-state index contributed by atoms with van der Waals surface area (Å²) < 4.78 is 3.57. The van der Waals surface area contributed by atoms with Crippen molar-refractivity contribution in [1.82, 2.24) is 35.3 Å². The Kier molecular flexibility index (Phi) is 3.68. The molecule has 2 heterocycles. The predicted molar refractivity (Wildman–Crippen MR) is 74.1 cm³/mol. The van der Waals surface area contributed by atoms with Crippen LogP contribution in [0.15, 0.2) is 18.5 Å². The molecule has 0 aromatic carbocycles. The van der Waals surface area contributed by atoms with E-state index in [1.54, 1.807) is 10.9 Å². The highest BCUT2D eigenvalue weighted by molar-refractivity contribution is 5.75. The van der Waals surface area contributed by atoms with Crippen molar-refractivity contribution in [3.05, 3.63) is 24.3 Å². The molecule has 8 nitrogen and oxygen atoms in total. The average Bonchev–Trinajstić information content (AvgIpc) is 2.85. The normalized spacial score (nSPS) is 15.9. The van der Waals surface area contributed by atoms with E-state index in [0.29, 0.717) is 19.5 Å². The van der Waals surface area contributed by atoms with Crippen LogP contribution in [0.1, 0.15) is 25.1 Å². The molecule has 8 heteroatoms. The number of hydrogen-bond donors (Lipinski definition) is 1. The third kappa shape index (κ3) is 3.45. The Morgan fingerprint density at radius 1 is 1.48 bits per heavy atom. The highest BCUT2D eigenvalue weighted by Crippen LogP contribution is 2.46. The number of aryl methyl sites for hydroxylation is 2. The Hall–Kier alpha value is -2.25. The van der Waals surface area contributed by atoms with Crippen LogP contribution in [0.4, 0.5) is 0 Å². The van der Waals surface area contributed by atoms with Gasteiger partial charge >= 0.3 is 0 Å². The monoisotopic (exact) mass is 289 g/mol. The van der Waals surface area contributed by atoms with E-state index in [-0.39, 0.29) is 11.3 Å². The second kappa shape index (κ2) is 5.63. The van der Waals surface area contributed by atoms with Crippen LogP contribution in [-0.2, 0) is 17.9 Å². The van der Waals surface area contributed by atoms with Gasteiger partial charge in [-0.1, -0.05) is 0 Å². The number of hydrogen-bond acceptors (Lipinski definition) is 5. The molecule has 1 aliphatic rings. The number of carbonyl (C=O) groups excluding carboxylic acids is 1. The summed E-state index contributed by atoms with van der Waals surface area (Å²) in [6, 6.07) is 1.92. The van der Waals surface area contributed by atoms with Gasteiger partial charge in [-0.05, 0) is 36.3 Å². The van der Waals surface area contributed by atoms with Crippen molar-refractivity contribution in [2.45, 2.75) is 39.3 Å². The van der Waals surface area contributed by atoms with Crippen LogP contribution in [0.3, 0.4) is 0 Å². The third-order valence-corrected chi connectivity index (χ3v) is 3.94. The molecule has 0 aliphatic heterocycles. The predicted octanol–water partition coefficient (Wildman–Crippen LogP) is 0.165. The van der Waals surface area contributed by atoms with Gasteiger partial charge in [-0.2, -0.15) is 5.10 Å². The van der Waals surface area contributed by atoms with Gasteiger partial charge in [0.2, 0.25) is 5.91 Å². The number of aromatic nitrogens is 6. The third-order valence-electron chi connectivity index (χ3n) is 3.94. The second-order valence-electron chi connectivity index (χ2n) is 5.68. The van der Waals surface area contributed by atoms with E-state index in [0.717, 1.165) is 25.2 Å². The first kappa shape index (κ1) is 13.7. The topological polar surface area (TPSA) is 90.5 Å². The number of nitrogens with one attached hydrogen (secondary N) is 1. The summed E-state index contributed by atoms with van der Waals surface area (Å²) in [5.41, 5.74) is 0.187. The van der Waals surface area contributed by atoms with E-state index < -0.39 is 0 Å². The van der Waals surface area contributed by atoms with E-state index >= 15 is 0 Å². The van der Waals surface area contributed by atoms with Gasteiger partial charge < -0.3 is 5.32 Å². The fraction of sp³-hybridized carbons (Fsp3) is 0.615. The zero-order valence-corrected chi connectivity index (χ0v) is 12.1. The number of amides is 1. The Labute approximate surface area is 122 Å². The smallest absolute Gasteiger partial charge is 0.221 e. The van der Waals surface area contributed by atoms with Gasteiger partial charge in [0, 0.05) is 37.3 Å². The van der Waals surface area contributed by atoms with Crippen molar-refractivity contribution in [3.63, 3.8) is 0 Å². The summed E-state index contributed by atoms with van der Waals surface area (Å²) in [6.07, 6.45) is 6.41. The highest BCUT2D eigenvalue weighted by Gasteiger charge is 2.43. The maximum absolute atomic E-state index is 11.9. The SMILES string of the molecule is Cc1nnnn1CCC(=O)NCC1(Cn2cccn2)CC1. The van der Waals surface area contributed by atoms with E-state index in [4.69, 9.17) is 0 Å². The van der Waals surface area contributed by atoms with Crippen molar-refractivity contribution < 1.29 is 4.79 Å². The van der Waals surface area contributed by atoms with E-state index in [9.17, 15) is 4.79 Å². The fourth-order valence-electron chi connectivity index (χ4n) is 2.34. The molecule has 0 unspecified atom stereocenters. The minimum Gasteiger partial charge on any atom is -0.355 e. The van der Waals surface area contributed by atoms with Gasteiger partial charge in [-0.15, -0.1) is 5.10 Å². The average molecular weight is 289 g/mol. The molecule has 0 spiro atoms. The van der Waals surface area contributed by atoms with Gasteiger partial charge in [-0.3, -0.25) is 9.48 Å². The van der Waals surface area contributed by atoms with Gasteiger partial charge in [0.1, 0.15) is 5.82 Å². The van der Waals surface area contributed by atoms with Crippen LogP contribution in [0, 0.1) is 12.3 Å². The number of carbonyl (C=O) groups is 1. The lowest BCUT2D eigenvalue weighted by Crippen LogP contribution is -2.33. The molecule has 2 aromatic heterocycles. The number of tetrazole rings is 1. The van der Waals surface area contributed by atoms with E-state index in [1.165, 1.54) is 0 Å². The Bertz CT molecular complexity index is 600. The first-order chi connectivity index (χ1) is 10.2. The zero-order valence-electron chi connectivity index (χ0n) is 12.1. The molecule has 112 valence electrons. The van der Waals surface area contributed by atoms with Gasteiger partial charge in [0.05, 0.1) is 6.54 Å². The van der Waals surface area contributed by atoms with Crippen LogP contribution in [0.5, 0.6) is 0 Å². The lowest BCUT2D eigenvalue weighted by Gasteiger charge is -2.16. The fourth-order valence-corrected chi connectivity index (χ4v) is 2.34. The molecule has 1 N–H and O–H groups in total. The first-order valence-electron chi connectivity index (χ1n) is 7.14.